The number of benzene rings is 1. The third-order valence-electron chi connectivity index (χ3n) is 1.86. The Bertz CT molecular complexity index is 418. The molecule has 0 fully saturated rings. The van der Waals surface area contributed by atoms with E-state index in [0.29, 0.717) is 12.2 Å². The van der Waals surface area contributed by atoms with E-state index >= 15 is 0 Å². The molecule has 0 aliphatic heterocycles. The highest BCUT2D eigenvalue weighted by atomic mass is 16.4. The van der Waals surface area contributed by atoms with E-state index in [1.54, 1.807) is 6.92 Å². The molecule has 0 heterocycles. The average molecular weight is 223 g/mol. The van der Waals surface area contributed by atoms with Crippen LogP contribution in [0.1, 0.15) is 17.3 Å². The third kappa shape index (κ3) is 2.88. The highest BCUT2D eigenvalue weighted by Crippen LogP contribution is 2.19. The van der Waals surface area contributed by atoms with Crippen LogP contribution in [0.25, 0.3) is 0 Å². The molecule has 0 saturated heterocycles. The van der Waals surface area contributed by atoms with Crippen molar-refractivity contribution < 1.29 is 14.7 Å². The van der Waals surface area contributed by atoms with Crippen LogP contribution in [0.15, 0.2) is 18.2 Å². The van der Waals surface area contributed by atoms with Gasteiger partial charge in [-0.05, 0) is 25.1 Å². The first kappa shape index (κ1) is 11.8. The lowest BCUT2D eigenvalue weighted by molar-refractivity contribution is 0.0698. The Morgan fingerprint density at radius 2 is 2.12 bits per heavy atom. The zero-order valence-corrected chi connectivity index (χ0v) is 8.78. The van der Waals surface area contributed by atoms with E-state index in [0.717, 1.165) is 0 Å². The van der Waals surface area contributed by atoms with Crippen LogP contribution >= 0.6 is 0 Å². The van der Waals surface area contributed by atoms with Crippen LogP contribution < -0.4 is 16.4 Å². The summed E-state index contributed by atoms with van der Waals surface area (Å²) in [4.78, 5) is 22.1. The molecule has 2 amide bonds. The zero-order valence-electron chi connectivity index (χ0n) is 8.78. The zero-order chi connectivity index (χ0) is 12.1. The maximum absolute atomic E-state index is 11.2. The summed E-state index contributed by atoms with van der Waals surface area (Å²) in [5.41, 5.74) is 6.08. The average Bonchev–Trinajstić information content (AvgIpc) is 2.17. The summed E-state index contributed by atoms with van der Waals surface area (Å²) in [6, 6.07) is 3.75. The van der Waals surface area contributed by atoms with Crippen LogP contribution in [0.5, 0.6) is 0 Å². The predicted octanol–water partition coefficient (Wildman–Crippen LogP) is 1.11. The van der Waals surface area contributed by atoms with Gasteiger partial charge in [0.15, 0.2) is 0 Å². The maximum atomic E-state index is 11.2. The van der Waals surface area contributed by atoms with Crippen molar-refractivity contribution in [1.82, 2.24) is 5.32 Å². The fraction of sp³-hybridized carbons (Fsp3) is 0.200. The number of nitrogens with one attached hydrogen (secondary N) is 2. The summed E-state index contributed by atoms with van der Waals surface area (Å²) in [5.74, 6) is -1.12. The molecule has 6 heteroatoms. The Morgan fingerprint density at radius 3 is 2.69 bits per heavy atom. The highest BCUT2D eigenvalue weighted by molar-refractivity contribution is 6.00. The van der Waals surface area contributed by atoms with Crippen LogP contribution in [-0.2, 0) is 0 Å². The van der Waals surface area contributed by atoms with E-state index < -0.39 is 12.0 Å². The third-order valence-corrected chi connectivity index (χ3v) is 1.86. The molecule has 86 valence electrons. The van der Waals surface area contributed by atoms with Crippen molar-refractivity contribution >= 4 is 23.4 Å². The summed E-state index contributed by atoms with van der Waals surface area (Å²) in [7, 11) is 0. The Morgan fingerprint density at radius 1 is 1.44 bits per heavy atom. The van der Waals surface area contributed by atoms with Gasteiger partial charge in [-0.25, -0.2) is 9.59 Å². The van der Waals surface area contributed by atoms with Gasteiger partial charge in [-0.2, -0.15) is 0 Å². The number of carbonyl (C=O) groups excluding carboxylic acids is 1. The Kier molecular flexibility index (Phi) is 3.71. The molecular formula is C10H13N3O3. The molecule has 0 aromatic heterocycles. The molecule has 16 heavy (non-hydrogen) atoms. The van der Waals surface area contributed by atoms with E-state index in [-0.39, 0.29) is 11.3 Å². The summed E-state index contributed by atoms with van der Waals surface area (Å²) in [5, 5.41) is 13.8. The molecule has 0 atom stereocenters. The standard InChI is InChI=1S/C10H13N3O3/c1-2-12-10(16)13-8-5-6(11)3-4-7(8)9(14)15/h3-5H,2,11H2,1H3,(H,14,15)(H2,12,13,16). The second-order valence-electron chi connectivity index (χ2n) is 3.09. The quantitative estimate of drug-likeness (QED) is 0.576. The number of hydrogen-bond acceptors (Lipinski definition) is 3. The van der Waals surface area contributed by atoms with E-state index in [2.05, 4.69) is 10.6 Å². The molecule has 1 aromatic carbocycles. The Hall–Kier alpha value is -2.24. The van der Waals surface area contributed by atoms with Crippen LogP contribution in [0, 0.1) is 0 Å². The molecule has 6 nitrogen and oxygen atoms in total. The van der Waals surface area contributed by atoms with Gasteiger partial charge >= 0.3 is 12.0 Å². The number of hydrogen-bond donors (Lipinski definition) is 4. The lowest BCUT2D eigenvalue weighted by atomic mass is 10.1. The number of nitrogen functional groups attached to an aromatic ring is 1. The fourth-order valence-electron chi connectivity index (χ4n) is 1.18. The molecule has 0 unspecified atom stereocenters. The lowest BCUT2D eigenvalue weighted by Gasteiger charge is -2.09. The minimum Gasteiger partial charge on any atom is -0.478 e. The summed E-state index contributed by atoms with van der Waals surface area (Å²) in [6.45, 7) is 2.22. The smallest absolute Gasteiger partial charge is 0.337 e. The molecule has 0 spiro atoms. The monoisotopic (exact) mass is 223 g/mol. The largest absolute Gasteiger partial charge is 0.478 e. The Balaban J connectivity index is 2.96. The molecule has 5 N–H and O–H groups in total. The van der Waals surface area contributed by atoms with Crippen molar-refractivity contribution in [2.75, 3.05) is 17.6 Å². The topological polar surface area (TPSA) is 104 Å². The number of carboxylic acids is 1. The molecule has 0 radical (unpaired) electrons. The van der Waals surface area contributed by atoms with E-state index in [4.69, 9.17) is 10.8 Å². The number of amides is 2. The number of nitrogens with two attached hydrogens (primary N) is 1. The Labute approximate surface area is 92.4 Å². The van der Waals surface area contributed by atoms with Crippen molar-refractivity contribution in [1.29, 1.82) is 0 Å². The first-order chi connectivity index (χ1) is 7.54. The molecule has 0 bridgehead atoms. The van der Waals surface area contributed by atoms with Gasteiger partial charge in [0.1, 0.15) is 0 Å². The first-order valence-electron chi connectivity index (χ1n) is 4.72. The second-order valence-corrected chi connectivity index (χ2v) is 3.09. The van der Waals surface area contributed by atoms with Gasteiger partial charge in [0.25, 0.3) is 0 Å². The maximum Gasteiger partial charge on any atom is 0.337 e. The number of carboxylic acid groups (broad SMARTS) is 1. The minimum atomic E-state index is -1.12. The number of carbonyl (C=O) groups is 2. The number of rotatable bonds is 3. The van der Waals surface area contributed by atoms with Crippen molar-refractivity contribution in [2.24, 2.45) is 0 Å². The van der Waals surface area contributed by atoms with Crippen molar-refractivity contribution in [3.05, 3.63) is 23.8 Å². The van der Waals surface area contributed by atoms with Crippen molar-refractivity contribution in [3.63, 3.8) is 0 Å². The van der Waals surface area contributed by atoms with E-state index in [1.165, 1.54) is 18.2 Å². The summed E-state index contributed by atoms with van der Waals surface area (Å²) >= 11 is 0. The van der Waals surface area contributed by atoms with Gasteiger partial charge in [-0.3, -0.25) is 0 Å². The molecule has 1 aromatic rings. The molecule has 1 rings (SSSR count). The number of anilines is 2. The lowest BCUT2D eigenvalue weighted by Crippen LogP contribution is -2.29. The van der Waals surface area contributed by atoms with Crippen LogP contribution in [0.2, 0.25) is 0 Å². The van der Waals surface area contributed by atoms with Gasteiger partial charge in [0, 0.05) is 12.2 Å². The first-order valence-corrected chi connectivity index (χ1v) is 4.72. The van der Waals surface area contributed by atoms with Gasteiger partial charge in [-0.1, -0.05) is 0 Å². The second kappa shape index (κ2) is 5.01. The van der Waals surface area contributed by atoms with Crippen LogP contribution in [0.4, 0.5) is 16.2 Å². The van der Waals surface area contributed by atoms with Gasteiger partial charge < -0.3 is 21.5 Å². The molecular weight excluding hydrogens is 210 g/mol. The van der Waals surface area contributed by atoms with Gasteiger partial charge in [0.2, 0.25) is 0 Å². The number of urea groups is 1. The summed E-state index contributed by atoms with van der Waals surface area (Å²) < 4.78 is 0. The van der Waals surface area contributed by atoms with Crippen LogP contribution in [-0.4, -0.2) is 23.7 Å². The highest BCUT2D eigenvalue weighted by Gasteiger charge is 2.12. The van der Waals surface area contributed by atoms with Crippen molar-refractivity contribution in [3.8, 4) is 0 Å². The van der Waals surface area contributed by atoms with Crippen molar-refractivity contribution in [2.45, 2.75) is 6.92 Å². The van der Waals surface area contributed by atoms with Gasteiger partial charge in [0.05, 0.1) is 11.3 Å². The minimum absolute atomic E-state index is 0.000420. The fourth-order valence-corrected chi connectivity index (χ4v) is 1.18. The molecule has 0 saturated carbocycles. The van der Waals surface area contributed by atoms with E-state index in [1.807, 2.05) is 0 Å². The van der Waals surface area contributed by atoms with E-state index in [9.17, 15) is 9.59 Å². The van der Waals surface area contributed by atoms with Gasteiger partial charge in [-0.15, -0.1) is 0 Å². The van der Waals surface area contributed by atoms with Crippen LogP contribution in [0.3, 0.4) is 0 Å². The molecule has 0 aliphatic rings. The molecule has 0 aliphatic carbocycles. The number of aromatic carboxylic acids is 1. The summed E-state index contributed by atoms with van der Waals surface area (Å²) in [6.07, 6.45) is 0. The normalized spacial score (nSPS) is 9.56. The predicted molar refractivity (Wildman–Crippen MR) is 60.5 cm³/mol. The SMILES string of the molecule is CCNC(=O)Nc1cc(N)ccc1C(=O)O.